The minimum atomic E-state index is -5.08. The number of aromatic nitrogens is 2. The standard InChI is InChI=1S/C18H20N4O.3C2HF3O2/c23-18(17-5-1-2-7-20-17)22-12-15-10-21(11-16(15)13-22)9-14-4-3-6-19-8-14;3*3-2(4,5)1(6)7/h1-8,15-16H,9-13H2;3*(H,6,7). The molecule has 0 spiro atoms. The van der Waals surface area contributed by atoms with E-state index >= 15 is 0 Å². The highest BCUT2D eigenvalue weighted by Crippen LogP contribution is 2.32. The van der Waals surface area contributed by atoms with Crippen LogP contribution in [0.5, 0.6) is 0 Å². The highest BCUT2D eigenvalue weighted by Gasteiger charge is 2.42. The Morgan fingerprint density at radius 1 is 0.705 bits per heavy atom. The summed E-state index contributed by atoms with van der Waals surface area (Å²) in [5.41, 5.74) is 1.81. The molecule has 0 saturated carbocycles. The zero-order chi connectivity index (χ0) is 33.9. The van der Waals surface area contributed by atoms with Crippen LogP contribution >= 0.6 is 0 Å². The second kappa shape index (κ2) is 15.8. The molecule has 44 heavy (non-hydrogen) atoms. The van der Waals surface area contributed by atoms with Crippen LogP contribution in [0.4, 0.5) is 39.5 Å². The number of fused-ring (bicyclic) bond motifs is 1. The quantitative estimate of drug-likeness (QED) is 0.419. The molecule has 3 N–H and O–H groups in total. The van der Waals surface area contributed by atoms with Crippen molar-refractivity contribution in [2.75, 3.05) is 26.2 Å². The molecule has 2 fully saturated rings. The van der Waals surface area contributed by atoms with Gasteiger partial charge in [-0.2, -0.15) is 39.5 Å². The SMILES string of the molecule is O=C(O)C(F)(F)F.O=C(O)C(F)(F)F.O=C(O)C(F)(F)F.O=C(c1ccccn1)N1CC2CN(Cc3cccnc3)CC2C1. The van der Waals surface area contributed by atoms with Crippen molar-refractivity contribution in [2.24, 2.45) is 11.8 Å². The van der Waals surface area contributed by atoms with Crippen molar-refractivity contribution in [3.63, 3.8) is 0 Å². The zero-order valence-corrected chi connectivity index (χ0v) is 22.0. The molecule has 0 radical (unpaired) electrons. The van der Waals surface area contributed by atoms with Gasteiger partial charge in [-0.3, -0.25) is 19.7 Å². The molecule has 1 amide bonds. The molecule has 2 aliphatic rings. The second-order valence-corrected chi connectivity index (χ2v) is 8.91. The van der Waals surface area contributed by atoms with Crippen molar-refractivity contribution in [3.8, 4) is 0 Å². The van der Waals surface area contributed by atoms with Gasteiger partial charge >= 0.3 is 36.4 Å². The van der Waals surface area contributed by atoms with E-state index in [-0.39, 0.29) is 5.91 Å². The van der Waals surface area contributed by atoms with Crippen molar-refractivity contribution in [1.82, 2.24) is 19.8 Å². The third-order valence-corrected chi connectivity index (χ3v) is 5.59. The number of nitrogens with zero attached hydrogens (tertiary/aromatic N) is 4. The minimum Gasteiger partial charge on any atom is -0.475 e. The van der Waals surface area contributed by atoms with Crippen LogP contribution < -0.4 is 0 Å². The number of likely N-dealkylation sites (tertiary alicyclic amines) is 2. The predicted octanol–water partition coefficient (Wildman–Crippen LogP) is 3.58. The maximum atomic E-state index is 12.5. The van der Waals surface area contributed by atoms with Gasteiger partial charge in [-0.15, -0.1) is 0 Å². The zero-order valence-electron chi connectivity index (χ0n) is 22.0. The third kappa shape index (κ3) is 13.2. The number of pyridine rings is 2. The fourth-order valence-electron chi connectivity index (χ4n) is 3.79. The van der Waals surface area contributed by atoms with E-state index in [0.29, 0.717) is 17.5 Å². The van der Waals surface area contributed by atoms with Crippen LogP contribution in [0.25, 0.3) is 0 Å². The van der Waals surface area contributed by atoms with Gasteiger partial charge in [0.15, 0.2) is 0 Å². The number of carbonyl (C=O) groups excluding carboxylic acids is 1. The molecular formula is C24H23F9N4O7. The van der Waals surface area contributed by atoms with Crippen LogP contribution in [0, 0.1) is 11.8 Å². The lowest BCUT2D eigenvalue weighted by Crippen LogP contribution is -2.33. The summed E-state index contributed by atoms with van der Waals surface area (Å²) in [5.74, 6) is -7.04. The van der Waals surface area contributed by atoms with E-state index in [9.17, 15) is 44.3 Å². The highest BCUT2D eigenvalue weighted by molar-refractivity contribution is 5.92. The van der Waals surface area contributed by atoms with Crippen LogP contribution in [-0.2, 0) is 20.9 Å². The van der Waals surface area contributed by atoms with E-state index in [0.717, 1.165) is 32.7 Å². The maximum absolute atomic E-state index is 12.5. The number of hydrogen-bond donors (Lipinski definition) is 3. The summed E-state index contributed by atoms with van der Waals surface area (Å²) in [4.78, 5) is 52.0. The lowest BCUT2D eigenvalue weighted by Gasteiger charge is -2.21. The average molecular weight is 650 g/mol. The molecular weight excluding hydrogens is 627 g/mol. The van der Waals surface area contributed by atoms with E-state index < -0.39 is 36.4 Å². The number of halogens is 9. The van der Waals surface area contributed by atoms with Crippen LogP contribution in [0.2, 0.25) is 0 Å². The summed E-state index contributed by atoms with van der Waals surface area (Å²) in [6, 6.07) is 9.61. The van der Waals surface area contributed by atoms with Gasteiger partial charge < -0.3 is 20.2 Å². The van der Waals surface area contributed by atoms with Crippen molar-refractivity contribution in [3.05, 3.63) is 60.2 Å². The fourth-order valence-corrected chi connectivity index (χ4v) is 3.79. The summed E-state index contributed by atoms with van der Waals surface area (Å²) < 4.78 is 95.2. The molecule has 2 unspecified atom stereocenters. The van der Waals surface area contributed by atoms with E-state index in [2.05, 4.69) is 20.9 Å². The molecule has 4 rings (SSSR count). The summed E-state index contributed by atoms with van der Waals surface area (Å²) in [5, 5.41) is 21.4. The number of aliphatic carboxylic acids is 3. The Morgan fingerprint density at radius 3 is 1.50 bits per heavy atom. The molecule has 2 atom stereocenters. The number of carboxylic acids is 3. The topological polar surface area (TPSA) is 161 Å². The fraction of sp³-hybridized carbons (Fsp3) is 0.417. The van der Waals surface area contributed by atoms with Crippen molar-refractivity contribution < 1.29 is 74.0 Å². The Morgan fingerprint density at radius 2 is 1.16 bits per heavy atom. The van der Waals surface area contributed by atoms with E-state index in [4.69, 9.17) is 29.7 Å². The number of rotatable bonds is 3. The molecule has 0 aromatic carbocycles. The van der Waals surface area contributed by atoms with Crippen molar-refractivity contribution in [1.29, 1.82) is 0 Å². The molecule has 244 valence electrons. The second-order valence-electron chi connectivity index (χ2n) is 8.91. The van der Waals surface area contributed by atoms with Gasteiger partial charge in [0.25, 0.3) is 5.91 Å². The van der Waals surface area contributed by atoms with Crippen molar-refractivity contribution >= 4 is 23.8 Å². The molecule has 2 saturated heterocycles. The summed E-state index contributed by atoms with van der Waals surface area (Å²) in [6.07, 6.45) is -9.83. The van der Waals surface area contributed by atoms with Crippen LogP contribution in [-0.4, -0.2) is 104 Å². The van der Waals surface area contributed by atoms with Crippen molar-refractivity contribution in [2.45, 2.75) is 25.1 Å². The van der Waals surface area contributed by atoms with Crippen LogP contribution in [0.15, 0.2) is 48.9 Å². The first-order valence-corrected chi connectivity index (χ1v) is 11.8. The van der Waals surface area contributed by atoms with Gasteiger partial charge in [0, 0.05) is 51.3 Å². The molecule has 11 nitrogen and oxygen atoms in total. The van der Waals surface area contributed by atoms with Crippen LogP contribution in [0.3, 0.4) is 0 Å². The molecule has 0 aliphatic carbocycles. The number of carbonyl (C=O) groups is 4. The van der Waals surface area contributed by atoms with E-state index in [1.54, 1.807) is 12.3 Å². The van der Waals surface area contributed by atoms with Crippen LogP contribution in [0.1, 0.15) is 16.1 Å². The van der Waals surface area contributed by atoms with Gasteiger partial charge in [0.2, 0.25) is 0 Å². The first-order valence-electron chi connectivity index (χ1n) is 11.8. The van der Waals surface area contributed by atoms with E-state index in [1.807, 2.05) is 35.5 Å². The summed E-state index contributed by atoms with van der Waals surface area (Å²) >= 11 is 0. The number of carboxylic acid groups (broad SMARTS) is 3. The molecule has 20 heteroatoms. The largest absolute Gasteiger partial charge is 0.490 e. The Balaban J connectivity index is 0.000000379. The predicted molar refractivity (Wildman–Crippen MR) is 128 cm³/mol. The first-order chi connectivity index (χ1) is 20.1. The normalized spacial score (nSPS) is 17.9. The highest BCUT2D eigenvalue weighted by atomic mass is 19.4. The molecule has 4 heterocycles. The summed E-state index contributed by atoms with van der Waals surface area (Å²) in [7, 11) is 0. The Hall–Kier alpha value is -4.49. The number of amides is 1. The lowest BCUT2D eigenvalue weighted by molar-refractivity contribution is -0.193. The number of alkyl halides is 9. The molecule has 2 aromatic heterocycles. The summed E-state index contributed by atoms with van der Waals surface area (Å²) in [6.45, 7) is 4.78. The van der Waals surface area contributed by atoms with Gasteiger partial charge in [-0.1, -0.05) is 12.1 Å². The Labute approximate surface area is 241 Å². The Bertz CT molecular complexity index is 1170. The van der Waals surface area contributed by atoms with Gasteiger partial charge in [-0.25, -0.2) is 14.4 Å². The molecule has 2 aliphatic heterocycles. The maximum Gasteiger partial charge on any atom is 0.490 e. The average Bonchev–Trinajstić information content (AvgIpc) is 3.48. The molecule has 2 aromatic rings. The van der Waals surface area contributed by atoms with Gasteiger partial charge in [0.1, 0.15) is 5.69 Å². The Kier molecular flexibility index (Phi) is 13.5. The molecule has 0 bridgehead atoms. The third-order valence-electron chi connectivity index (χ3n) is 5.59. The van der Waals surface area contributed by atoms with Gasteiger partial charge in [0.05, 0.1) is 0 Å². The van der Waals surface area contributed by atoms with E-state index in [1.165, 1.54) is 5.56 Å². The lowest BCUT2D eigenvalue weighted by atomic mass is 10.0. The first kappa shape index (κ1) is 37.5. The number of hydrogen-bond acceptors (Lipinski definition) is 7. The monoisotopic (exact) mass is 650 g/mol. The van der Waals surface area contributed by atoms with Gasteiger partial charge in [-0.05, 0) is 35.6 Å². The smallest absolute Gasteiger partial charge is 0.475 e. The minimum absolute atomic E-state index is 0.0683.